The summed E-state index contributed by atoms with van der Waals surface area (Å²) in [5.41, 5.74) is 0. The van der Waals surface area contributed by atoms with Crippen LogP contribution >= 0.6 is 0 Å². The highest BCUT2D eigenvalue weighted by Gasteiger charge is 2.19. The molecule has 0 bridgehead atoms. The standard InChI is InChI=1S/C71H138O6/c1-4-7-10-13-16-19-21-23-25-27-29-31-33-34-35-36-37-38-40-41-43-45-47-49-52-55-58-61-64-70(73)76-67-68(66-75-69(72)63-60-57-54-51-18-15-12-9-6-3)77-71(74)65-62-59-56-53-50-48-46-44-42-39-32-30-28-26-24-22-20-17-14-11-8-5-2/h68H,4-67H2,1-3H3. The minimum atomic E-state index is -0.762. The van der Waals surface area contributed by atoms with E-state index in [-0.39, 0.29) is 31.1 Å². The van der Waals surface area contributed by atoms with Crippen LogP contribution in [0, 0.1) is 0 Å². The zero-order valence-corrected chi connectivity index (χ0v) is 52.8. The Kier molecular flexibility index (Phi) is 65.5. The van der Waals surface area contributed by atoms with Crippen molar-refractivity contribution in [3.05, 3.63) is 0 Å². The number of unbranched alkanes of at least 4 members (excludes halogenated alkanes) is 56. The van der Waals surface area contributed by atoms with Crippen molar-refractivity contribution in [2.24, 2.45) is 0 Å². The van der Waals surface area contributed by atoms with E-state index in [0.29, 0.717) is 19.3 Å². The van der Waals surface area contributed by atoms with E-state index in [1.807, 2.05) is 0 Å². The van der Waals surface area contributed by atoms with Crippen LogP contribution in [0.3, 0.4) is 0 Å². The van der Waals surface area contributed by atoms with Crippen molar-refractivity contribution in [2.75, 3.05) is 13.2 Å². The molecule has 0 heterocycles. The molecular formula is C71H138O6. The number of rotatable bonds is 67. The number of esters is 3. The molecule has 6 nitrogen and oxygen atoms in total. The number of ether oxygens (including phenoxy) is 3. The van der Waals surface area contributed by atoms with Crippen LogP contribution in [-0.2, 0) is 28.6 Å². The van der Waals surface area contributed by atoms with Crippen molar-refractivity contribution in [2.45, 2.75) is 425 Å². The molecule has 0 aliphatic rings. The summed E-state index contributed by atoms with van der Waals surface area (Å²) < 4.78 is 16.9. The van der Waals surface area contributed by atoms with E-state index in [1.54, 1.807) is 0 Å². The van der Waals surface area contributed by atoms with Gasteiger partial charge in [-0.25, -0.2) is 0 Å². The summed E-state index contributed by atoms with van der Waals surface area (Å²) in [6, 6.07) is 0. The first-order valence-corrected chi connectivity index (χ1v) is 35.5. The maximum atomic E-state index is 12.9. The number of carbonyl (C=O) groups is 3. The van der Waals surface area contributed by atoms with Gasteiger partial charge in [-0.05, 0) is 19.3 Å². The second-order valence-electron chi connectivity index (χ2n) is 24.5. The van der Waals surface area contributed by atoms with Crippen molar-refractivity contribution >= 4 is 17.9 Å². The molecule has 0 radical (unpaired) electrons. The van der Waals surface area contributed by atoms with Gasteiger partial charge in [0.1, 0.15) is 13.2 Å². The number of hydrogen-bond acceptors (Lipinski definition) is 6. The molecule has 0 fully saturated rings. The summed E-state index contributed by atoms with van der Waals surface area (Å²) in [5, 5.41) is 0. The lowest BCUT2D eigenvalue weighted by atomic mass is 10.0. The van der Waals surface area contributed by atoms with Gasteiger partial charge in [-0.15, -0.1) is 0 Å². The Hall–Kier alpha value is -1.59. The van der Waals surface area contributed by atoms with Crippen molar-refractivity contribution in [1.82, 2.24) is 0 Å². The second kappa shape index (κ2) is 66.9. The highest BCUT2D eigenvalue weighted by molar-refractivity contribution is 5.71. The summed E-state index contributed by atoms with van der Waals surface area (Å²) in [4.78, 5) is 38.3. The van der Waals surface area contributed by atoms with E-state index in [0.717, 1.165) is 57.8 Å². The molecule has 0 amide bonds. The van der Waals surface area contributed by atoms with Crippen LogP contribution in [0.1, 0.15) is 419 Å². The van der Waals surface area contributed by atoms with Gasteiger partial charge in [-0.2, -0.15) is 0 Å². The van der Waals surface area contributed by atoms with E-state index < -0.39 is 6.10 Å². The average molecular weight is 1090 g/mol. The topological polar surface area (TPSA) is 78.9 Å². The Morgan fingerprint density at radius 1 is 0.208 bits per heavy atom. The van der Waals surface area contributed by atoms with E-state index in [4.69, 9.17) is 14.2 Å². The predicted molar refractivity (Wildman–Crippen MR) is 335 cm³/mol. The average Bonchev–Trinajstić information content (AvgIpc) is 3.43. The highest BCUT2D eigenvalue weighted by Crippen LogP contribution is 2.20. The lowest BCUT2D eigenvalue weighted by molar-refractivity contribution is -0.167. The van der Waals surface area contributed by atoms with Crippen molar-refractivity contribution < 1.29 is 28.6 Å². The third-order valence-corrected chi connectivity index (χ3v) is 16.6. The zero-order chi connectivity index (χ0) is 55.7. The van der Waals surface area contributed by atoms with Crippen LogP contribution in [0.25, 0.3) is 0 Å². The van der Waals surface area contributed by atoms with Crippen molar-refractivity contribution in [3.8, 4) is 0 Å². The maximum Gasteiger partial charge on any atom is 0.306 e. The fraction of sp³-hybridized carbons (Fsp3) is 0.958. The van der Waals surface area contributed by atoms with Gasteiger partial charge in [-0.1, -0.05) is 380 Å². The summed E-state index contributed by atoms with van der Waals surface area (Å²) >= 11 is 0. The SMILES string of the molecule is CCCCCCCCCCCCCCCCCCCCCCCCCCCCCCC(=O)OCC(COC(=O)CCCCCCCCCCC)OC(=O)CCCCCCCCCCCCCCCCCCCCCCCC. The van der Waals surface area contributed by atoms with Crippen LogP contribution in [0.2, 0.25) is 0 Å². The Bertz CT molecular complexity index is 1160. The van der Waals surface area contributed by atoms with Gasteiger partial charge < -0.3 is 14.2 Å². The molecule has 0 saturated carbocycles. The molecule has 0 N–H and O–H groups in total. The summed E-state index contributed by atoms with van der Waals surface area (Å²) in [6.07, 6.45) is 78.7. The molecule has 0 aliphatic heterocycles. The Balaban J connectivity index is 4.05. The smallest absolute Gasteiger partial charge is 0.306 e. The Labute approximate surface area is 482 Å². The predicted octanol–water partition coefficient (Wildman–Crippen LogP) is 24.2. The monoisotopic (exact) mass is 1090 g/mol. The van der Waals surface area contributed by atoms with E-state index in [2.05, 4.69) is 20.8 Å². The minimum absolute atomic E-state index is 0.0607. The normalized spacial score (nSPS) is 11.9. The van der Waals surface area contributed by atoms with Gasteiger partial charge in [0.15, 0.2) is 6.10 Å². The molecule has 1 atom stereocenters. The summed E-state index contributed by atoms with van der Waals surface area (Å²) in [6.45, 7) is 6.72. The van der Waals surface area contributed by atoms with Gasteiger partial charge >= 0.3 is 17.9 Å². The van der Waals surface area contributed by atoms with Gasteiger partial charge in [0.2, 0.25) is 0 Å². The molecule has 0 aromatic heterocycles. The van der Waals surface area contributed by atoms with E-state index >= 15 is 0 Å². The first-order chi connectivity index (χ1) is 38.0. The lowest BCUT2D eigenvalue weighted by Crippen LogP contribution is -2.30. The van der Waals surface area contributed by atoms with Gasteiger partial charge in [0.05, 0.1) is 0 Å². The van der Waals surface area contributed by atoms with Crippen LogP contribution < -0.4 is 0 Å². The van der Waals surface area contributed by atoms with Crippen LogP contribution in [0.5, 0.6) is 0 Å². The van der Waals surface area contributed by atoms with Crippen molar-refractivity contribution in [3.63, 3.8) is 0 Å². The molecule has 458 valence electrons. The van der Waals surface area contributed by atoms with Gasteiger partial charge in [0.25, 0.3) is 0 Å². The molecule has 0 saturated heterocycles. The van der Waals surface area contributed by atoms with Crippen LogP contribution in [-0.4, -0.2) is 37.2 Å². The zero-order valence-electron chi connectivity index (χ0n) is 52.8. The summed E-state index contributed by atoms with van der Waals surface area (Å²) in [7, 11) is 0. The largest absolute Gasteiger partial charge is 0.462 e. The molecule has 1 unspecified atom stereocenters. The van der Waals surface area contributed by atoms with Crippen LogP contribution in [0.15, 0.2) is 0 Å². The molecule has 77 heavy (non-hydrogen) atoms. The fourth-order valence-electron chi connectivity index (χ4n) is 11.3. The number of hydrogen-bond donors (Lipinski definition) is 0. The lowest BCUT2D eigenvalue weighted by Gasteiger charge is -2.18. The van der Waals surface area contributed by atoms with Crippen LogP contribution in [0.4, 0.5) is 0 Å². The molecular weight excluding hydrogens is 949 g/mol. The Morgan fingerprint density at radius 3 is 0.519 bits per heavy atom. The molecule has 0 aromatic carbocycles. The van der Waals surface area contributed by atoms with E-state index in [9.17, 15) is 14.4 Å². The first kappa shape index (κ1) is 75.4. The molecule has 0 aromatic rings. The molecule has 6 heteroatoms. The summed E-state index contributed by atoms with van der Waals surface area (Å²) in [5.74, 6) is -0.827. The van der Waals surface area contributed by atoms with E-state index in [1.165, 1.54) is 321 Å². The molecule has 0 spiro atoms. The van der Waals surface area contributed by atoms with Gasteiger partial charge in [-0.3, -0.25) is 14.4 Å². The highest BCUT2D eigenvalue weighted by atomic mass is 16.6. The second-order valence-corrected chi connectivity index (χ2v) is 24.5. The quantitative estimate of drug-likeness (QED) is 0.0343. The van der Waals surface area contributed by atoms with Gasteiger partial charge in [0, 0.05) is 19.3 Å². The molecule has 0 aliphatic carbocycles. The first-order valence-electron chi connectivity index (χ1n) is 35.5. The third-order valence-electron chi connectivity index (χ3n) is 16.6. The number of carbonyl (C=O) groups excluding carboxylic acids is 3. The molecule has 0 rings (SSSR count). The van der Waals surface area contributed by atoms with Crippen molar-refractivity contribution in [1.29, 1.82) is 0 Å². The minimum Gasteiger partial charge on any atom is -0.462 e. The Morgan fingerprint density at radius 2 is 0.351 bits per heavy atom. The maximum absolute atomic E-state index is 12.9. The third kappa shape index (κ3) is 65.1. The fourth-order valence-corrected chi connectivity index (χ4v) is 11.3.